The Labute approximate surface area is 113 Å². The molecule has 1 heterocycles. The second kappa shape index (κ2) is 6.50. The predicted octanol–water partition coefficient (Wildman–Crippen LogP) is 2.29. The number of para-hydroxylation sites is 1. The molecule has 0 unspecified atom stereocenters. The third-order valence-electron chi connectivity index (χ3n) is 3.03. The van der Waals surface area contributed by atoms with Crippen LogP contribution in [0, 0.1) is 6.92 Å². The molecule has 0 fully saturated rings. The molecule has 0 aliphatic carbocycles. The number of hydrogen-bond donors (Lipinski definition) is 1. The molecule has 2 aromatic rings. The molecule has 1 aromatic heterocycles. The summed E-state index contributed by atoms with van der Waals surface area (Å²) in [6.45, 7) is 4.36. The average molecular weight is 260 g/mol. The van der Waals surface area contributed by atoms with Crippen LogP contribution in [-0.4, -0.2) is 32.4 Å². The third kappa shape index (κ3) is 3.22. The zero-order chi connectivity index (χ0) is 13.7. The number of hydrogen-bond acceptors (Lipinski definition) is 4. The van der Waals surface area contributed by atoms with Crippen molar-refractivity contribution in [3.8, 4) is 5.75 Å². The highest BCUT2D eigenvalue weighted by Gasteiger charge is 2.08. The molecule has 0 aliphatic rings. The van der Waals surface area contributed by atoms with Crippen LogP contribution in [0.2, 0.25) is 0 Å². The van der Waals surface area contributed by atoms with Gasteiger partial charge in [-0.15, -0.1) is 0 Å². The van der Waals surface area contributed by atoms with Gasteiger partial charge in [-0.3, -0.25) is 0 Å². The second-order valence-electron chi connectivity index (χ2n) is 4.45. The number of nitrogens with one attached hydrogen (secondary N) is 1. The fourth-order valence-electron chi connectivity index (χ4n) is 2.14. The van der Waals surface area contributed by atoms with Gasteiger partial charge in [0, 0.05) is 31.3 Å². The summed E-state index contributed by atoms with van der Waals surface area (Å²) in [5, 5.41) is 4.50. The van der Waals surface area contributed by atoms with Crippen LogP contribution in [0.3, 0.4) is 0 Å². The highest BCUT2D eigenvalue weighted by Crippen LogP contribution is 2.26. The summed E-state index contributed by atoms with van der Waals surface area (Å²) in [6, 6.07) is 8.13. The van der Waals surface area contributed by atoms with Gasteiger partial charge in [0.25, 0.3) is 0 Å². The van der Waals surface area contributed by atoms with Crippen LogP contribution in [0.1, 0.15) is 11.3 Å². The number of benzene rings is 1. The van der Waals surface area contributed by atoms with Gasteiger partial charge in [-0.25, -0.2) is 4.98 Å². The van der Waals surface area contributed by atoms with Crippen molar-refractivity contribution in [1.29, 1.82) is 0 Å². The van der Waals surface area contributed by atoms with E-state index in [4.69, 9.17) is 9.47 Å². The van der Waals surface area contributed by atoms with Crippen molar-refractivity contribution in [3.63, 3.8) is 0 Å². The van der Waals surface area contributed by atoms with Crippen molar-refractivity contribution < 1.29 is 9.47 Å². The SMILES string of the molecule is COCCNCc1cc(C)nc2c(OC)cccc12. The number of rotatable bonds is 6. The number of fused-ring (bicyclic) bond motifs is 1. The lowest BCUT2D eigenvalue weighted by molar-refractivity contribution is 0.199. The van der Waals surface area contributed by atoms with E-state index in [2.05, 4.69) is 22.4 Å². The molecule has 0 spiro atoms. The first-order valence-electron chi connectivity index (χ1n) is 6.39. The van der Waals surface area contributed by atoms with Gasteiger partial charge >= 0.3 is 0 Å². The maximum absolute atomic E-state index is 5.38. The van der Waals surface area contributed by atoms with Gasteiger partial charge in [0.15, 0.2) is 0 Å². The molecular formula is C15H20N2O2. The summed E-state index contributed by atoms with van der Waals surface area (Å²) >= 11 is 0. The number of pyridine rings is 1. The van der Waals surface area contributed by atoms with Crippen LogP contribution in [0.25, 0.3) is 10.9 Å². The van der Waals surface area contributed by atoms with E-state index in [0.717, 1.165) is 35.4 Å². The summed E-state index contributed by atoms with van der Waals surface area (Å²) in [6.07, 6.45) is 0. The van der Waals surface area contributed by atoms with Gasteiger partial charge in [0.1, 0.15) is 11.3 Å². The maximum Gasteiger partial charge on any atom is 0.145 e. The molecule has 0 saturated carbocycles. The summed E-state index contributed by atoms with van der Waals surface area (Å²) in [4.78, 5) is 4.57. The van der Waals surface area contributed by atoms with Crippen LogP contribution in [0.4, 0.5) is 0 Å². The summed E-state index contributed by atoms with van der Waals surface area (Å²) in [5.74, 6) is 0.819. The van der Waals surface area contributed by atoms with E-state index in [1.54, 1.807) is 14.2 Å². The first-order valence-corrected chi connectivity index (χ1v) is 6.39. The number of nitrogens with zero attached hydrogens (tertiary/aromatic N) is 1. The number of ether oxygens (including phenoxy) is 2. The zero-order valence-corrected chi connectivity index (χ0v) is 11.7. The molecule has 1 aromatic carbocycles. The molecule has 1 N–H and O–H groups in total. The van der Waals surface area contributed by atoms with Crippen molar-refractivity contribution in [1.82, 2.24) is 10.3 Å². The number of methoxy groups -OCH3 is 2. The largest absolute Gasteiger partial charge is 0.494 e. The standard InChI is InChI=1S/C15H20N2O2/c1-11-9-12(10-16-7-8-18-2)13-5-4-6-14(19-3)15(13)17-11/h4-6,9,16H,7-8,10H2,1-3H3. The molecule has 19 heavy (non-hydrogen) atoms. The zero-order valence-electron chi connectivity index (χ0n) is 11.7. The molecule has 0 saturated heterocycles. The molecule has 0 amide bonds. The molecule has 0 radical (unpaired) electrons. The molecule has 102 valence electrons. The molecule has 0 atom stereocenters. The quantitative estimate of drug-likeness (QED) is 0.809. The van der Waals surface area contributed by atoms with Crippen molar-refractivity contribution >= 4 is 10.9 Å². The van der Waals surface area contributed by atoms with E-state index in [-0.39, 0.29) is 0 Å². The predicted molar refractivity (Wildman–Crippen MR) is 76.6 cm³/mol. The highest BCUT2D eigenvalue weighted by atomic mass is 16.5. The smallest absolute Gasteiger partial charge is 0.145 e. The summed E-state index contributed by atoms with van der Waals surface area (Å²) in [5.41, 5.74) is 3.16. The lowest BCUT2D eigenvalue weighted by atomic mass is 10.1. The van der Waals surface area contributed by atoms with Crippen molar-refractivity contribution in [2.75, 3.05) is 27.4 Å². The van der Waals surface area contributed by atoms with Crippen molar-refractivity contribution in [3.05, 3.63) is 35.5 Å². The molecule has 0 bridgehead atoms. The Bertz CT molecular complexity index is 555. The maximum atomic E-state index is 5.38. The molecule has 0 aliphatic heterocycles. The van der Waals surface area contributed by atoms with Crippen LogP contribution >= 0.6 is 0 Å². The Balaban J connectivity index is 2.32. The number of aryl methyl sites for hydroxylation is 1. The summed E-state index contributed by atoms with van der Waals surface area (Å²) < 4.78 is 10.4. The summed E-state index contributed by atoms with van der Waals surface area (Å²) in [7, 11) is 3.38. The minimum Gasteiger partial charge on any atom is -0.494 e. The van der Waals surface area contributed by atoms with Gasteiger partial charge in [0.2, 0.25) is 0 Å². The van der Waals surface area contributed by atoms with E-state index in [1.807, 2.05) is 19.1 Å². The van der Waals surface area contributed by atoms with E-state index in [0.29, 0.717) is 6.61 Å². The highest BCUT2D eigenvalue weighted by molar-refractivity contribution is 5.87. The Morgan fingerprint density at radius 3 is 2.84 bits per heavy atom. The topological polar surface area (TPSA) is 43.4 Å². The second-order valence-corrected chi connectivity index (χ2v) is 4.45. The van der Waals surface area contributed by atoms with E-state index >= 15 is 0 Å². The van der Waals surface area contributed by atoms with Crippen molar-refractivity contribution in [2.24, 2.45) is 0 Å². The molecule has 4 nitrogen and oxygen atoms in total. The minimum atomic E-state index is 0.714. The van der Waals surface area contributed by atoms with E-state index in [1.165, 1.54) is 5.56 Å². The first-order chi connectivity index (χ1) is 9.26. The van der Waals surface area contributed by atoms with Crippen molar-refractivity contribution in [2.45, 2.75) is 13.5 Å². The Morgan fingerprint density at radius 2 is 2.11 bits per heavy atom. The average Bonchev–Trinajstić information content (AvgIpc) is 2.42. The molecule has 2 rings (SSSR count). The fraction of sp³-hybridized carbons (Fsp3) is 0.400. The van der Waals surface area contributed by atoms with Crippen LogP contribution < -0.4 is 10.1 Å². The Hall–Kier alpha value is -1.65. The Kier molecular flexibility index (Phi) is 4.71. The number of aromatic nitrogens is 1. The molecule has 4 heteroatoms. The third-order valence-corrected chi connectivity index (χ3v) is 3.03. The normalized spacial score (nSPS) is 10.9. The minimum absolute atomic E-state index is 0.714. The lowest BCUT2D eigenvalue weighted by Crippen LogP contribution is -2.18. The first kappa shape index (κ1) is 13.8. The van der Waals surface area contributed by atoms with E-state index < -0.39 is 0 Å². The van der Waals surface area contributed by atoms with Crippen LogP contribution in [0.15, 0.2) is 24.3 Å². The van der Waals surface area contributed by atoms with Crippen LogP contribution in [0.5, 0.6) is 5.75 Å². The van der Waals surface area contributed by atoms with Gasteiger partial charge in [-0.2, -0.15) is 0 Å². The monoisotopic (exact) mass is 260 g/mol. The van der Waals surface area contributed by atoms with Gasteiger partial charge in [0.05, 0.1) is 13.7 Å². The van der Waals surface area contributed by atoms with Gasteiger partial charge in [-0.1, -0.05) is 12.1 Å². The van der Waals surface area contributed by atoms with E-state index in [9.17, 15) is 0 Å². The van der Waals surface area contributed by atoms with Gasteiger partial charge in [-0.05, 0) is 24.6 Å². The van der Waals surface area contributed by atoms with Crippen LogP contribution in [-0.2, 0) is 11.3 Å². The lowest BCUT2D eigenvalue weighted by Gasteiger charge is -2.11. The van der Waals surface area contributed by atoms with Gasteiger partial charge < -0.3 is 14.8 Å². The molecular weight excluding hydrogens is 240 g/mol. The Morgan fingerprint density at radius 1 is 1.26 bits per heavy atom. The fourth-order valence-corrected chi connectivity index (χ4v) is 2.14.